The molecule has 0 radical (unpaired) electrons. The first-order chi connectivity index (χ1) is 12.1. The zero-order chi connectivity index (χ0) is 18.1. The number of carboxylic acid groups (broad SMARTS) is 1. The summed E-state index contributed by atoms with van der Waals surface area (Å²) < 4.78 is 5.37. The van der Waals surface area contributed by atoms with Crippen molar-refractivity contribution in [2.75, 3.05) is 13.1 Å². The van der Waals surface area contributed by atoms with Crippen molar-refractivity contribution in [2.45, 2.75) is 50.5 Å². The number of nitrogens with zero attached hydrogens (tertiary/aromatic N) is 1. The molecule has 1 unspecified atom stereocenters. The molecule has 1 N–H and O–H groups in total. The van der Waals surface area contributed by atoms with E-state index in [1.165, 1.54) is 0 Å². The van der Waals surface area contributed by atoms with Crippen LogP contribution in [0.25, 0.3) is 0 Å². The zero-order valence-electron chi connectivity index (χ0n) is 14.4. The van der Waals surface area contributed by atoms with Gasteiger partial charge in [-0.2, -0.15) is 0 Å². The Kier molecular flexibility index (Phi) is 8.06. The van der Waals surface area contributed by atoms with E-state index in [1.54, 1.807) is 4.90 Å². The van der Waals surface area contributed by atoms with Gasteiger partial charge in [0.2, 0.25) is 0 Å². The fourth-order valence-electron chi connectivity index (χ4n) is 3.09. The molecule has 0 bridgehead atoms. The number of likely N-dealkylation sites (tertiary alicyclic amines) is 1. The minimum atomic E-state index is -0.941. The summed E-state index contributed by atoms with van der Waals surface area (Å²) in [6.07, 6.45) is 5.11. The summed E-state index contributed by atoms with van der Waals surface area (Å²) in [6, 6.07) is 9.67. The molecule has 6 heteroatoms. The molecule has 138 valence electrons. The molecule has 0 aromatic heterocycles. The fourth-order valence-corrected chi connectivity index (χ4v) is 3.25. The van der Waals surface area contributed by atoms with Crippen LogP contribution < -0.4 is 0 Å². The van der Waals surface area contributed by atoms with E-state index in [0.29, 0.717) is 18.9 Å². The lowest BCUT2D eigenvalue weighted by Gasteiger charge is -2.31. The second kappa shape index (κ2) is 10.3. The molecule has 1 fully saturated rings. The van der Waals surface area contributed by atoms with Gasteiger partial charge in [-0.05, 0) is 30.7 Å². The zero-order valence-corrected chi connectivity index (χ0v) is 15.2. The molecule has 0 saturated carbocycles. The predicted molar refractivity (Wildman–Crippen MR) is 96.7 cm³/mol. The van der Waals surface area contributed by atoms with Crippen molar-refractivity contribution in [1.29, 1.82) is 0 Å². The van der Waals surface area contributed by atoms with Crippen LogP contribution in [0.4, 0.5) is 4.79 Å². The fraction of sp³-hybridized carbons (Fsp3) is 0.579. The highest BCUT2D eigenvalue weighted by Crippen LogP contribution is 2.24. The average molecular weight is 368 g/mol. The molecule has 0 aliphatic carbocycles. The maximum atomic E-state index is 12.1. The van der Waals surface area contributed by atoms with Crippen LogP contribution in [0.1, 0.15) is 44.1 Å². The Morgan fingerprint density at radius 1 is 1.20 bits per heavy atom. The maximum absolute atomic E-state index is 12.1. The average Bonchev–Trinajstić information content (AvgIpc) is 2.64. The van der Waals surface area contributed by atoms with E-state index >= 15 is 0 Å². The number of rotatable bonds is 8. The Balaban J connectivity index is 1.59. The van der Waals surface area contributed by atoms with E-state index in [0.717, 1.165) is 50.8 Å². The molecule has 1 aromatic carbocycles. The van der Waals surface area contributed by atoms with Gasteiger partial charge in [-0.25, -0.2) is 4.79 Å². The second-order valence-electron chi connectivity index (χ2n) is 6.56. The first kappa shape index (κ1) is 19.6. The summed E-state index contributed by atoms with van der Waals surface area (Å²) in [5.74, 6) is -0.347. The van der Waals surface area contributed by atoms with Gasteiger partial charge in [0.25, 0.3) is 0 Å². The van der Waals surface area contributed by atoms with E-state index < -0.39 is 11.3 Å². The number of amides is 1. The lowest BCUT2D eigenvalue weighted by atomic mass is 9.91. The van der Waals surface area contributed by atoms with Crippen molar-refractivity contribution in [1.82, 2.24) is 4.90 Å². The first-order valence-electron chi connectivity index (χ1n) is 8.88. The van der Waals surface area contributed by atoms with Gasteiger partial charge in [0.05, 0.1) is 0 Å². The number of aliphatic carboxylic acids is 1. The van der Waals surface area contributed by atoms with Crippen molar-refractivity contribution in [3.05, 3.63) is 35.9 Å². The number of piperidine rings is 1. The topological polar surface area (TPSA) is 66.8 Å². The van der Waals surface area contributed by atoms with Crippen molar-refractivity contribution in [3.8, 4) is 0 Å². The van der Waals surface area contributed by atoms with E-state index in [4.69, 9.17) is 21.4 Å². The smallest absolute Gasteiger partial charge is 0.410 e. The summed E-state index contributed by atoms with van der Waals surface area (Å²) >= 11 is 5.71. The van der Waals surface area contributed by atoms with Gasteiger partial charge in [0.15, 0.2) is 0 Å². The highest BCUT2D eigenvalue weighted by Gasteiger charge is 2.23. The minimum Gasteiger partial charge on any atom is -0.480 e. The van der Waals surface area contributed by atoms with Crippen molar-refractivity contribution >= 4 is 23.7 Å². The lowest BCUT2D eigenvalue weighted by molar-refractivity contribution is -0.136. The summed E-state index contributed by atoms with van der Waals surface area (Å²) in [6.45, 7) is 1.76. The Morgan fingerprint density at radius 3 is 2.52 bits per heavy atom. The van der Waals surface area contributed by atoms with Gasteiger partial charge in [-0.15, -0.1) is 11.6 Å². The number of hydrogen-bond acceptors (Lipinski definition) is 3. The van der Waals surface area contributed by atoms with Crippen LogP contribution in [0, 0.1) is 5.92 Å². The number of alkyl halides is 1. The molecular weight excluding hydrogens is 342 g/mol. The molecule has 1 aromatic rings. The molecule has 1 amide bonds. The number of ether oxygens (including phenoxy) is 1. The molecule has 1 aliphatic heterocycles. The summed E-state index contributed by atoms with van der Waals surface area (Å²) in [7, 11) is 0. The Hall–Kier alpha value is -1.75. The molecule has 1 aliphatic rings. The largest absolute Gasteiger partial charge is 0.480 e. The van der Waals surface area contributed by atoms with Crippen LogP contribution in [-0.2, 0) is 16.1 Å². The Labute approximate surface area is 153 Å². The van der Waals surface area contributed by atoms with E-state index in [2.05, 4.69) is 0 Å². The third-order valence-electron chi connectivity index (χ3n) is 4.67. The number of halogens is 1. The number of hydrogen-bond donors (Lipinski definition) is 1. The van der Waals surface area contributed by atoms with Gasteiger partial charge in [0.1, 0.15) is 12.0 Å². The molecule has 5 nitrogen and oxygen atoms in total. The number of carbonyl (C=O) groups is 2. The highest BCUT2D eigenvalue weighted by molar-refractivity contribution is 6.29. The van der Waals surface area contributed by atoms with Crippen LogP contribution in [0.15, 0.2) is 30.3 Å². The third-order valence-corrected chi connectivity index (χ3v) is 5.07. The molecular formula is C19H26ClNO4. The number of benzene rings is 1. The van der Waals surface area contributed by atoms with Crippen LogP contribution in [-0.4, -0.2) is 40.5 Å². The summed E-state index contributed by atoms with van der Waals surface area (Å²) in [4.78, 5) is 24.5. The van der Waals surface area contributed by atoms with Crippen LogP contribution in [0.5, 0.6) is 0 Å². The van der Waals surface area contributed by atoms with Gasteiger partial charge < -0.3 is 14.7 Å². The molecule has 25 heavy (non-hydrogen) atoms. The minimum absolute atomic E-state index is 0.242. The predicted octanol–water partition coefficient (Wildman–Crippen LogP) is 4.29. The Morgan fingerprint density at radius 2 is 1.88 bits per heavy atom. The van der Waals surface area contributed by atoms with Crippen molar-refractivity contribution < 1.29 is 19.4 Å². The normalized spacial score (nSPS) is 16.4. The van der Waals surface area contributed by atoms with Gasteiger partial charge in [-0.1, -0.05) is 49.6 Å². The van der Waals surface area contributed by atoms with Gasteiger partial charge >= 0.3 is 12.1 Å². The number of carboxylic acids is 1. The lowest BCUT2D eigenvalue weighted by Crippen LogP contribution is -2.38. The molecule has 1 saturated heterocycles. The summed E-state index contributed by atoms with van der Waals surface area (Å²) in [5, 5.41) is 7.97. The SMILES string of the molecule is O=C(O)C(Cl)CCCCC1CCN(C(=O)OCc2ccccc2)CC1. The standard InChI is InChI=1S/C19H26ClNO4/c20-17(18(22)23)9-5-4-6-15-10-12-21(13-11-15)19(24)25-14-16-7-2-1-3-8-16/h1-3,7-8,15,17H,4-6,9-14H2,(H,22,23). The number of unbranched alkanes of at least 4 members (excludes halogenated alkanes) is 1. The quantitative estimate of drug-likeness (QED) is 0.549. The van der Waals surface area contributed by atoms with Gasteiger partial charge in [0, 0.05) is 13.1 Å². The van der Waals surface area contributed by atoms with E-state index in [1.807, 2.05) is 30.3 Å². The van der Waals surface area contributed by atoms with Crippen molar-refractivity contribution in [2.24, 2.45) is 5.92 Å². The highest BCUT2D eigenvalue weighted by atomic mass is 35.5. The van der Waals surface area contributed by atoms with E-state index in [-0.39, 0.29) is 6.09 Å². The summed E-state index contributed by atoms with van der Waals surface area (Å²) in [5.41, 5.74) is 0.990. The molecule has 1 heterocycles. The Bertz CT molecular complexity index is 544. The van der Waals surface area contributed by atoms with Crippen LogP contribution >= 0.6 is 11.6 Å². The second-order valence-corrected chi connectivity index (χ2v) is 7.09. The maximum Gasteiger partial charge on any atom is 0.410 e. The molecule has 0 spiro atoms. The van der Waals surface area contributed by atoms with Gasteiger partial charge in [-0.3, -0.25) is 4.79 Å². The van der Waals surface area contributed by atoms with E-state index in [9.17, 15) is 9.59 Å². The number of carbonyl (C=O) groups excluding carboxylic acids is 1. The molecule has 2 rings (SSSR count). The van der Waals surface area contributed by atoms with Crippen LogP contribution in [0.2, 0.25) is 0 Å². The monoisotopic (exact) mass is 367 g/mol. The third kappa shape index (κ3) is 6.94. The van der Waals surface area contributed by atoms with Crippen LogP contribution in [0.3, 0.4) is 0 Å². The molecule has 1 atom stereocenters. The first-order valence-corrected chi connectivity index (χ1v) is 9.32. The van der Waals surface area contributed by atoms with Crippen molar-refractivity contribution in [3.63, 3.8) is 0 Å².